The number of rotatable bonds is 5. The van der Waals surface area contributed by atoms with Crippen LogP contribution >= 0.6 is 0 Å². The molecule has 1 aromatic carbocycles. The Morgan fingerprint density at radius 3 is 2.70 bits per heavy atom. The highest BCUT2D eigenvalue weighted by Gasteiger charge is 2.00. The van der Waals surface area contributed by atoms with Gasteiger partial charge in [-0.3, -0.25) is 0 Å². The van der Waals surface area contributed by atoms with Gasteiger partial charge in [0.2, 0.25) is 0 Å². The number of nitrogens with zero attached hydrogens (tertiary/aromatic N) is 4. The van der Waals surface area contributed by atoms with E-state index in [1.54, 1.807) is 6.20 Å². The Balaban J connectivity index is 1.58. The SMILES string of the molecule is c1ccc(-n2cc(CNCc3cccnn3)cn2)cc1. The standard InChI is InChI=1S/C15H15N5/c1-2-6-15(7-3-1)20-12-13(10-18-20)9-16-11-14-5-4-8-17-19-14/h1-8,10,12,16H,9,11H2. The van der Waals surface area contributed by atoms with Crippen molar-refractivity contribution in [1.82, 2.24) is 25.3 Å². The Kier molecular flexibility index (Phi) is 3.80. The molecule has 1 N–H and O–H groups in total. The maximum atomic E-state index is 4.36. The van der Waals surface area contributed by atoms with E-state index < -0.39 is 0 Å². The molecule has 0 aliphatic carbocycles. The molecule has 0 aliphatic rings. The van der Waals surface area contributed by atoms with Gasteiger partial charge in [-0.05, 0) is 24.3 Å². The van der Waals surface area contributed by atoms with Crippen molar-refractivity contribution in [2.24, 2.45) is 0 Å². The van der Waals surface area contributed by atoms with Gasteiger partial charge in [0.1, 0.15) is 0 Å². The topological polar surface area (TPSA) is 55.6 Å². The Morgan fingerprint density at radius 2 is 1.90 bits per heavy atom. The number of benzene rings is 1. The first-order valence-electron chi connectivity index (χ1n) is 6.48. The number of aromatic nitrogens is 4. The highest BCUT2D eigenvalue weighted by Crippen LogP contribution is 2.07. The van der Waals surface area contributed by atoms with Crippen LogP contribution in [0.1, 0.15) is 11.3 Å². The fourth-order valence-corrected chi connectivity index (χ4v) is 1.94. The van der Waals surface area contributed by atoms with Crippen molar-refractivity contribution < 1.29 is 0 Å². The summed E-state index contributed by atoms with van der Waals surface area (Å²) in [6.45, 7) is 1.45. The van der Waals surface area contributed by atoms with Gasteiger partial charge in [-0.15, -0.1) is 0 Å². The summed E-state index contributed by atoms with van der Waals surface area (Å²) in [7, 11) is 0. The van der Waals surface area contributed by atoms with E-state index in [0.717, 1.165) is 23.5 Å². The zero-order chi connectivity index (χ0) is 13.6. The molecule has 20 heavy (non-hydrogen) atoms. The Morgan fingerprint density at radius 1 is 1.00 bits per heavy atom. The molecule has 3 aromatic rings. The lowest BCUT2D eigenvalue weighted by atomic mass is 10.3. The molecule has 0 saturated heterocycles. The van der Waals surface area contributed by atoms with Crippen LogP contribution in [0.3, 0.4) is 0 Å². The van der Waals surface area contributed by atoms with Gasteiger partial charge in [0, 0.05) is 31.0 Å². The Labute approximate surface area is 117 Å². The molecule has 2 heterocycles. The zero-order valence-corrected chi connectivity index (χ0v) is 11.0. The lowest BCUT2D eigenvalue weighted by Gasteiger charge is -2.01. The summed E-state index contributed by atoms with van der Waals surface area (Å²) < 4.78 is 1.87. The van der Waals surface area contributed by atoms with E-state index in [0.29, 0.717) is 6.54 Å². The number of para-hydroxylation sites is 1. The molecule has 0 amide bonds. The van der Waals surface area contributed by atoms with Crippen molar-refractivity contribution >= 4 is 0 Å². The lowest BCUT2D eigenvalue weighted by Crippen LogP contribution is -2.13. The van der Waals surface area contributed by atoms with E-state index in [1.165, 1.54) is 0 Å². The average Bonchev–Trinajstić information content (AvgIpc) is 2.98. The summed E-state index contributed by atoms with van der Waals surface area (Å²) in [5.41, 5.74) is 3.13. The summed E-state index contributed by atoms with van der Waals surface area (Å²) in [5, 5.41) is 15.6. The van der Waals surface area contributed by atoms with E-state index >= 15 is 0 Å². The van der Waals surface area contributed by atoms with Crippen LogP contribution in [0.15, 0.2) is 61.1 Å². The minimum atomic E-state index is 0.699. The van der Waals surface area contributed by atoms with Crippen molar-refractivity contribution in [2.75, 3.05) is 0 Å². The molecule has 0 aliphatic heterocycles. The highest BCUT2D eigenvalue weighted by molar-refractivity contribution is 5.30. The monoisotopic (exact) mass is 265 g/mol. The van der Waals surface area contributed by atoms with Crippen LogP contribution in [-0.4, -0.2) is 20.0 Å². The van der Waals surface area contributed by atoms with Gasteiger partial charge in [0.05, 0.1) is 17.6 Å². The predicted octanol–water partition coefficient (Wildman–Crippen LogP) is 1.95. The molecule has 0 bridgehead atoms. The molecule has 0 saturated carbocycles. The van der Waals surface area contributed by atoms with Gasteiger partial charge in [-0.2, -0.15) is 15.3 Å². The van der Waals surface area contributed by atoms with E-state index in [1.807, 2.05) is 59.5 Å². The smallest absolute Gasteiger partial charge is 0.0769 e. The number of nitrogens with one attached hydrogen (secondary N) is 1. The second-order valence-corrected chi connectivity index (χ2v) is 4.45. The minimum Gasteiger partial charge on any atom is -0.307 e. The first-order chi connectivity index (χ1) is 9.92. The molecule has 0 unspecified atom stereocenters. The number of hydrogen-bond acceptors (Lipinski definition) is 4. The first kappa shape index (κ1) is 12.5. The van der Waals surface area contributed by atoms with E-state index in [2.05, 4.69) is 20.6 Å². The van der Waals surface area contributed by atoms with Gasteiger partial charge in [-0.25, -0.2) is 4.68 Å². The van der Waals surface area contributed by atoms with Crippen LogP contribution in [0.4, 0.5) is 0 Å². The van der Waals surface area contributed by atoms with Crippen LogP contribution in [0.2, 0.25) is 0 Å². The van der Waals surface area contributed by atoms with Crippen LogP contribution in [0.5, 0.6) is 0 Å². The highest BCUT2D eigenvalue weighted by atomic mass is 15.3. The summed E-state index contributed by atoms with van der Waals surface area (Å²) in [6, 6.07) is 13.9. The average molecular weight is 265 g/mol. The van der Waals surface area contributed by atoms with Crippen LogP contribution in [0, 0.1) is 0 Å². The molecule has 0 fully saturated rings. The summed E-state index contributed by atoms with van der Waals surface area (Å²) >= 11 is 0. The van der Waals surface area contributed by atoms with Crippen molar-refractivity contribution in [3.8, 4) is 5.69 Å². The fourth-order valence-electron chi connectivity index (χ4n) is 1.94. The fraction of sp³-hybridized carbons (Fsp3) is 0.133. The Bertz CT molecular complexity index is 648. The summed E-state index contributed by atoms with van der Waals surface area (Å²) in [5.74, 6) is 0. The van der Waals surface area contributed by atoms with Crippen molar-refractivity contribution in [3.63, 3.8) is 0 Å². The zero-order valence-electron chi connectivity index (χ0n) is 11.0. The van der Waals surface area contributed by atoms with E-state index in [4.69, 9.17) is 0 Å². The van der Waals surface area contributed by atoms with Crippen LogP contribution in [0.25, 0.3) is 5.69 Å². The minimum absolute atomic E-state index is 0.699. The normalized spacial score (nSPS) is 10.6. The van der Waals surface area contributed by atoms with Crippen LogP contribution in [-0.2, 0) is 13.1 Å². The third-order valence-electron chi connectivity index (χ3n) is 2.92. The van der Waals surface area contributed by atoms with Gasteiger partial charge < -0.3 is 5.32 Å². The molecule has 2 aromatic heterocycles. The van der Waals surface area contributed by atoms with Crippen molar-refractivity contribution in [2.45, 2.75) is 13.1 Å². The maximum Gasteiger partial charge on any atom is 0.0769 e. The number of hydrogen-bond donors (Lipinski definition) is 1. The Hall–Kier alpha value is -2.53. The van der Waals surface area contributed by atoms with Gasteiger partial charge in [0.15, 0.2) is 0 Å². The molecule has 5 heteroatoms. The first-order valence-corrected chi connectivity index (χ1v) is 6.48. The van der Waals surface area contributed by atoms with Crippen LogP contribution < -0.4 is 5.32 Å². The molecule has 0 spiro atoms. The molecular formula is C15H15N5. The quantitative estimate of drug-likeness (QED) is 0.766. The lowest BCUT2D eigenvalue weighted by molar-refractivity contribution is 0.670. The third-order valence-corrected chi connectivity index (χ3v) is 2.92. The maximum absolute atomic E-state index is 4.36. The summed E-state index contributed by atoms with van der Waals surface area (Å²) in [6.07, 6.45) is 5.57. The van der Waals surface area contributed by atoms with E-state index in [9.17, 15) is 0 Å². The second kappa shape index (κ2) is 6.08. The third kappa shape index (κ3) is 3.07. The largest absolute Gasteiger partial charge is 0.307 e. The predicted molar refractivity (Wildman–Crippen MR) is 76.1 cm³/mol. The van der Waals surface area contributed by atoms with Gasteiger partial charge in [-0.1, -0.05) is 18.2 Å². The summed E-state index contributed by atoms with van der Waals surface area (Å²) in [4.78, 5) is 0. The molecule has 5 nitrogen and oxygen atoms in total. The molecule has 100 valence electrons. The molecular weight excluding hydrogens is 250 g/mol. The van der Waals surface area contributed by atoms with Gasteiger partial charge in [0.25, 0.3) is 0 Å². The van der Waals surface area contributed by atoms with Crippen molar-refractivity contribution in [1.29, 1.82) is 0 Å². The molecule has 0 atom stereocenters. The van der Waals surface area contributed by atoms with Gasteiger partial charge >= 0.3 is 0 Å². The molecule has 3 rings (SSSR count). The molecule has 0 radical (unpaired) electrons. The second-order valence-electron chi connectivity index (χ2n) is 4.45. The van der Waals surface area contributed by atoms with Crippen molar-refractivity contribution in [3.05, 3.63) is 72.3 Å². The van der Waals surface area contributed by atoms with E-state index in [-0.39, 0.29) is 0 Å².